The third kappa shape index (κ3) is 5.68. The van der Waals surface area contributed by atoms with Crippen LogP contribution < -0.4 is 0 Å². The maximum atomic E-state index is 12.3. The second kappa shape index (κ2) is 9.70. The highest BCUT2D eigenvalue weighted by Gasteiger charge is 2.31. The number of unbranched alkanes of at least 4 members (excludes halogenated alkanes) is 1. The van der Waals surface area contributed by atoms with Gasteiger partial charge in [0.05, 0.1) is 6.10 Å². The molecule has 2 nitrogen and oxygen atoms in total. The molecule has 1 unspecified atom stereocenters. The lowest BCUT2D eigenvalue weighted by Gasteiger charge is -2.35. The predicted octanol–water partition coefficient (Wildman–Crippen LogP) is 5.54. The van der Waals surface area contributed by atoms with Crippen molar-refractivity contribution in [2.75, 3.05) is 6.61 Å². The van der Waals surface area contributed by atoms with Gasteiger partial charge < -0.3 is 4.74 Å². The smallest absolute Gasteiger partial charge is 0.161 e. The third-order valence-electron chi connectivity index (χ3n) is 6.02. The Kier molecular flexibility index (Phi) is 7.92. The molecule has 0 N–H and O–H groups in total. The van der Waals surface area contributed by atoms with Crippen LogP contribution in [0.15, 0.2) is 0 Å². The molecule has 0 aromatic rings. The van der Waals surface area contributed by atoms with Crippen LogP contribution >= 0.6 is 0 Å². The number of rotatable bonds is 8. The van der Waals surface area contributed by atoms with E-state index < -0.39 is 0 Å². The number of hydrogen-bond acceptors (Lipinski definition) is 2. The average molecular weight is 309 g/mol. The van der Waals surface area contributed by atoms with E-state index in [0.29, 0.717) is 18.3 Å². The van der Waals surface area contributed by atoms with Gasteiger partial charge in [-0.1, -0.05) is 51.9 Å². The van der Waals surface area contributed by atoms with Crippen molar-refractivity contribution in [2.24, 2.45) is 17.8 Å². The average Bonchev–Trinajstić information content (AvgIpc) is 2.58. The minimum absolute atomic E-state index is 0.238. The van der Waals surface area contributed by atoms with E-state index in [1.54, 1.807) is 0 Å². The number of ketones is 1. The summed E-state index contributed by atoms with van der Waals surface area (Å²) in [4.78, 5) is 12.3. The van der Waals surface area contributed by atoms with Gasteiger partial charge in [-0.3, -0.25) is 4.79 Å². The van der Waals surface area contributed by atoms with Gasteiger partial charge >= 0.3 is 0 Å². The molecule has 0 saturated heterocycles. The van der Waals surface area contributed by atoms with E-state index >= 15 is 0 Å². The lowest BCUT2D eigenvalue weighted by molar-refractivity contribution is -0.130. The van der Waals surface area contributed by atoms with Crippen LogP contribution in [0.25, 0.3) is 0 Å². The minimum Gasteiger partial charge on any atom is -0.371 e. The van der Waals surface area contributed by atoms with Crippen LogP contribution in [0, 0.1) is 17.8 Å². The van der Waals surface area contributed by atoms with Gasteiger partial charge in [-0.25, -0.2) is 0 Å². The van der Waals surface area contributed by atoms with Gasteiger partial charge in [-0.05, 0) is 50.9 Å². The zero-order valence-corrected chi connectivity index (χ0v) is 14.8. The first-order valence-corrected chi connectivity index (χ1v) is 9.85. The Labute approximate surface area is 137 Å². The van der Waals surface area contributed by atoms with Gasteiger partial charge in [0.25, 0.3) is 0 Å². The van der Waals surface area contributed by atoms with Crippen LogP contribution in [0.5, 0.6) is 0 Å². The molecule has 0 aromatic heterocycles. The van der Waals surface area contributed by atoms with Crippen LogP contribution in [0.4, 0.5) is 0 Å². The SMILES string of the molecule is CCCCC(C)OCC(=O)C1CCC(C2CCCCC2)CC1. The van der Waals surface area contributed by atoms with Crippen molar-refractivity contribution in [3.05, 3.63) is 0 Å². The van der Waals surface area contributed by atoms with Gasteiger partial charge in [-0.2, -0.15) is 0 Å². The van der Waals surface area contributed by atoms with E-state index in [1.165, 1.54) is 57.8 Å². The maximum Gasteiger partial charge on any atom is 0.161 e. The van der Waals surface area contributed by atoms with Crippen molar-refractivity contribution in [1.82, 2.24) is 0 Å². The van der Waals surface area contributed by atoms with Crippen molar-refractivity contribution in [2.45, 2.75) is 97.0 Å². The summed E-state index contributed by atoms with van der Waals surface area (Å²) >= 11 is 0. The number of carbonyl (C=O) groups excluding carboxylic acids is 1. The lowest BCUT2D eigenvalue weighted by Crippen LogP contribution is -2.29. The maximum absolute atomic E-state index is 12.3. The summed E-state index contributed by atoms with van der Waals surface area (Å²) in [6.45, 7) is 4.65. The highest BCUT2D eigenvalue weighted by molar-refractivity contribution is 5.82. The topological polar surface area (TPSA) is 26.3 Å². The van der Waals surface area contributed by atoms with Gasteiger partial charge in [-0.15, -0.1) is 0 Å². The Morgan fingerprint density at radius 3 is 2.27 bits per heavy atom. The van der Waals surface area contributed by atoms with E-state index in [2.05, 4.69) is 13.8 Å². The third-order valence-corrected chi connectivity index (χ3v) is 6.02. The van der Waals surface area contributed by atoms with E-state index in [9.17, 15) is 4.79 Å². The molecule has 2 rings (SSSR count). The Balaban J connectivity index is 1.64. The standard InChI is InChI=1S/C20H36O2/c1-3-4-8-16(2)22-15-20(21)19-13-11-18(12-14-19)17-9-6-5-7-10-17/h16-19H,3-15H2,1-2H3. The molecule has 0 amide bonds. The second-order valence-corrected chi connectivity index (χ2v) is 7.74. The second-order valence-electron chi connectivity index (χ2n) is 7.74. The summed E-state index contributed by atoms with van der Waals surface area (Å²) in [6, 6.07) is 0. The highest BCUT2D eigenvalue weighted by atomic mass is 16.5. The molecule has 2 aliphatic carbocycles. The largest absolute Gasteiger partial charge is 0.371 e. The fraction of sp³-hybridized carbons (Fsp3) is 0.950. The van der Waals surface area contributed by atoms with E-state index in [4.69, 9.17) is 4.74 Å². The van der Waals surface area contributed by atoms with Gasteiger partial charge in [0, 0.05) is 5.92 Å². The molecular formula is C20H36O2. The summed E-state index contributed by atoms with van der Waals surface area (Å²) in [5, 5.41) is 0. The lowest BCUT2D eigenvalue weighted by atomic mass is 9.70. The molecule has 0 aliphatic heterocycles. The Bertz CT molecular complexity index is 312. The normalized spacial score (nSPS) is 28.5. The minimum atomic E-state index is 0.238. The highest BCUT2D eigenvalue weighted by Crippen LogP contribution is 2.40. The molecule has 1 atom stereocenters. The molecule has 0 spiro atoms. The van der Waals surface area contributed by atoms with Gasteiger partial charge in [0.15, 0.2) is 5.78 Å². The number of ether oxygens (including phenoxy) is 1. The number of carbonyl (C=O) groups is 1. The van der Waals surface area contributed by atoms with Gasteiger partial charge in [0.1, 0.15) is 6.61 Å². The molecule has 2 saturated carbocycles. The molecule has 0 aromatic carbocycles. The van der Waals surface area contributed by atoms with Crippen LogP contribution in [-0.2, 0) is 9.53 Å². The first kappa shape index (κ1) is 18.0. The zero-order valence-electron chi connectivity index (χ0n) is 14.8. The van der Waals surface area contributed by atoms with Gasteiger partial charge in [0.2, 0.25) is 0 Å². The first-order valence-electron chi connectivity index (χ1n) is 9.85. The Morgan fingerprint density at radius 1 is 1.00 bits per heavy atom. The summed E-state index contributed by atoms with van der Waals surface area (Å²) in [5.41, 5.74) is 0. The molecule has 2 fully saturated rings. The summed E-state index contributed by atoms with van der Waals surface area (Å²) in [5.74, 6) is 2.53. The van der Waals surface area contributed by atoms with Crippen molar-refractivity contribution < 1.29 is 9.53 Å². The number of Topliss-reactive ketones (excluding diaryl/α,β-unsaturated/α-hetero) is 1. The molecular weight excluding hydrogens is 272 g/mol. The fourth-order valence-corrected chi connectivity index (χ4v) is 4.44. The van der Waals surface area contributed by atoms with Crippen LogP contribution in [0.2, 0.25) is 0 Å². The summed E-state index contributed by atoms with van der Waals surface area (Å²) in [6.07, 6.45) is 15.7. The van der Waals surface area contributed by atoms with Crippen LogP contribution in [0.1, 0.15) is 90.9 Å². The van der Waals surface area contributed by atoms with Crippen LogP contribution in [-0.4, -0.2) is 18.5 Å². The van der Waals surface area contributed by atoms with Crippen molar-refractivity contribution >= 4 is 5.78 Å². The fourth-order valence-electron chi connectivity index (χ4n) is 4.44. The summed E-state index contributed by atoms with van der Waals surface area (Å²) in [7, 11) is 0. The summed E-state index contributed by atoms with van der Waals surface area (Å²) < 4.78 is 5.75. The Morgan fingerprint density at radius 2 is 1.64 bits per heavy atom. The molecule has 0 bridgehead atoms. The zero-order chi connectivity index (χ0) is 15.8. The molecule has 22 heavy (non-hydrogen) atoms. The van der Waals surface area contributed by atoms with E-state index in [0.717, 1.165) is 31.1 Å². The van der Waals surface area contributed by atoms with Crippen molar-refractivity contribution in [3.63, 3.8) is 0 Å². The predicted molar refractivity (Wildman–Crippen MR) is 92.0 cm³/mol. The Hall–Kier alpha value is -0.370. The van der Waals surface area contributed by atoms with Crippen LogP contribution in [0.3, 0.4) is 0 Å². The van der Waals surface area contributed by atoms with E-state index in [-0.39, 0.29) is 6.10 Å². The molecule has 0 heterocycles. The monoisotopic (exact) mass is 308 g/mol. The molecule has 2 aliphatic rings. The molecule has 0 radical (unpaired) electrons. The molecule has 2 heteroatoms. The number of hydrogen-bond donors (Lipinski definition) is 0. The first-order chi connectivity index (χ1) is 10.7. The van der Waals surface area contributed by atoms with Crippen molar-refractivity contribution in [1.29, 1.82) is 0 Å². The van der Waals surface area contributed by atoms with E-state index in [1.807, 2.05) is 0 Å². The quantitative estimate of drug-likeness (QED) is 0.588. The van der Waals surface area contributed by atoms with Crippen molar-refractivity contribution in [3.8, 4) is 0 Å². The molecule has 128 valence electrons.